The molecule has 4 heteroatoms. The van der Waals surface area contributed by atoms with Crippen molar-refractivity contribution in [1.82, 2.24) is 5.16 Å². The van der Waals surface area contributed by atoms with Crippen molar-refractivity contribution in [1.29, 1.82) is 0 Å². The third-order valence-electron chi connectivity index (χ3n) is 2.00. The average Bonchev–Trinajstić information content (AvgIpc) is 2.34. The van der Waals surface area contributed by atoms with Crippen molar-refractivity contribution in [3.8, 4) is 0 Å². The zero-order valence-electron chi connectivity index (χ0n) is 7.83. The minimum atomic E-state index is -0.758. The van der Waals surface area contributed by atoms with Gasteiger partial charge in [0.1, 0.15) is 5.76 Å². The van der Waals surface area contributed by atoms with E-state index in [9.17, 15) is 4.79 Å². The lowest BCUT2D eigenvalue weighted by Crippen LogP contribution is -1.96. The summed E-state index contributed by atoms with van der Waals surface area (Å²) in [6.07, 6.45) is 1.57. The molecule has 1 N–H and O–H groups in total. The van der Waals surface area contributed by atoms with Crippen molar-refractivity contribution in [2.24, 2.45) is 0 Å². The molecule has 4 nitrogen and oxygen atoms in total. The Morgan fingerprint density at radius 3 is 2.69 bits per heavy atom. The molecule has 0 saturated carbocycles. The van der Waals surface area contributed by atoms with Crippen LogP contribution in [0.25, 0.3) is 0 Å². The highest BCUT2D eigenvalue weighted by molar-refractivity contribution is 5.66. The Morgan fingerprint density at radius 1 is 1.54 bits per heavy atom. The third-order valence-corrected chi connectivity index (χ3v) is 2.00. The number of carboxylic acid groups (broad SMARTS) is 1. The van der Waals surface area contributed by atoms with E-state index in [1.807, 2.05) is 13.8 Å². The molecule has 0 bridgehead atoms. The number of aryl methyl sites for hydroxylation is 2. The molecule has 0 radical (unpaired) electrons. The van der Waals surface area contributed by atoms with E-state index in [1.165, 1.54) is 0 Å². The Labute approximate surface area is 76.5 Å². The Morgan fingerprint density at radius 2 is 2.23 bits per heavy atom. The van der Waals surface area contributed by atoms with E-state index in [1.54, 1.807) is 0 Å². The van der Waals surface area contributed by atoms with Gasteiger partial charge in [0.25, 0.3) is 0 Å². The maximum absolute atomic E-state index is 10.3. The van der Waals surface area contributed by atoms with Gasteiger partial charge in [-0.1, -0.05) is 5.16 Å². The molecule has 0 aliphatic rings. The van der Waals surface area contributed by atoms with Crippen LogP contribution in [0.5, 0.6) is 0 Å². The average molecular weight is 183 g/mol. The monoisotopic (exact) mass is 183 g/mol. The second-order valence-corrected chi connectivity index (χ2v) is 3.05. The number of aliphatic carboxylic acids is 1. The third kappa shape index (κ3) is 2.57. The van der Waals surface area contributed by atoms with E-state index >= 15 is 0 Å². The van der Waals surface area contributed by atoms with Crippen LogP contribution in [0.4, 0.5) is 0 Å². The van der Waals surface area contributed by atoms with Gasteiger partial charge in [0.15, 0.2) is 0 Å². The fourth-order valence-corrected chi connectivity index (χ4v) is 1.28. The van der Waals surface area contributed by atoms with Crippen LogP contribution >= 0.6 is 0 Å². The van der Waals surface area contributed by atoms with Crippen molar-refractivity contribution in [3.05, 3.63) is 17.0 Å². The normalized spacial score (nSPS) is 10.3. The topological polar surface area (TPSA) is 63.3 Å². The molecule has 1 aromatic rings. The number of hydrogen-bond donors (Lipinski definition) is 1. The van der Waals surface area contributed by atoms with Crippen LogP contribution in [0.2, 0.25) is 0 Å². The van der Waals surface area contributed by atoms with Gasteiger partial charge in [0.05, 0.1) is 5.69 Å². The number of carbonyl (C=O) groups is 1. The Hall–Kier alpha value is -1.32. The number of aromatic nitrogens is 1. The zero-order valence-corrected chi connectivity index (χ0v) is 7.83. The van der Waals surface area contributed by atoms with Gasteiger partial charge in [-0.3, -0.25) is 4.79 Å². The lowest BCUT2D eigenvalue weighted by atomic mass is 10.1. The van der Waals surface area contributed by atoms with Crippen LogP contribution in [0.1, 0.15) is 29.9 Å². The van der Waals surface area contributed by atoms with Crippen LogP contribution in [0.15, 0.2) is 4.52 Å². The molecule has 13 heavy (non-hydrogen) atoms. The smallest absolute Gasteiger partial charge is 0.303 e. The molecular formula is C9H13NO3. The second-order valence-electron chi connectivity index (χ2n) is 3.05. The summed E-state index contributed by atoms with van der Waals surface area (Å²) in [5.74, 6) is 0.0367. The molecule has 1 aromatic heterocycles. The number of nitrogens with zero attached hydrogens (tertiary/aromatic N) is 1. The predicted octanol–water partition coefficient (Wildman–Crippen LogP) is 1.70. The van der Waals surface area contributed by atoms with Gasteiger partial charge in [0, 0.05) is 12.0 Å². The van der Waals surface area contributed by atoms with E-state index in [4.69, 9.17) is 9.63 Å². The summed E-state index contributed by atoms with van der Waals surface area (Å²) in [5.41, 5.74) is 1.91. The van der Waals surface area contributed by atoms with E-state index in [0.29, 0.717) is 6.42 Å². The van der Waals surface area contributed by atoms with Gasteiger partial charge in [-0.05, 0) is 26.7 Å². The fraction of sp³-hybridized carbons (Fsp3) is 0.556. The first-order valence-corrected chi connectivity index (χ1v) is 4.25. The highest BCUT2D eigenvalue weighted by Gasteiger charge is 2.08. The molecule has 72 valence electrons. The summed E-state index contributed by atoms with van der Waals surface area (Å²) >= 11 is 0. The van der Waals surface area contributed by atoms with Crippen LogP contribution in [0.3, 0.4) is 0 Å². The van der Waals surface area contributed by atoms with Gasteiger partial charge in [-0.2, -0.15) is 0 Å². The molecule has 1 heterocycles. The summed E-state index contributed by atoms with van der Waals surface area (Å²) in [5, 5.41) is 12.2. The molecule has 0 atom stereocenters. The highest BCUT2D eigenvalue weighted by Crippen LogP contribution is 2.14. The van der Waals surface area contributed by atoms with Crippen molar-refractivity contribution in [2.45, 2.75) is 33.1 Å². The van der Waals surface area contributed by atoms with E-state index in [0.717, 1.165) is 23.4 Å². The first-order chi connectivity index (χ1) is 6.11. The molecular weight excluding hydrogens is 170 g/mol. The zero-order chi connectivity index (χ0) is 9.84. The van der Waals surface area contributed by atoms with Crippen molar-refractivity contribution >= 4 is 5.97 Å². The van der Waals surface area contributed by atoms with Crippen LogP contribution < -0.4 is 0 Å². The van der Waals surface area contributed by atoms with Crippen LogP contribution in [-0.4, -0.2) is 16.2 Å². The summed E-state index contributed by atoms with van der Waals surface area (Å²) in [6.45, 7) is 3.71. The highest BCUT2D eigenvalue weighted by atomic mass is 16.5. The largest absolute Gasteiger partial charge is 0.481 e. The molecule has 0 aliphatic heterocycles. The van der Waals surface area contributed by atoms with Gasteiger partial charge < -0.3 is 9.63 Å². The fourth-order valence-electron chi connectivity index (χ4n) is 1.28. The molecule has 0 aliphatic carbocycles. The Balaban J connectivity index is 2.49. The molecule has 0 saturated heterocycles. The number of rotatable bonds is 4. The quantitative estimate of drug-likeness (QED) is 0.771. The van der Waals surface area contributed by atoms with Crippen molar-refractivity contribution in [2.75, 3.05) is 0 Å². The Bertz CT molecular complexity index is 284. The first kappa shape index (κ1) is 9.77. The first-order valence-electron chi connectivity index (χ1n) is 4.25. The minimum absolute atomic E-state index is 0.198. The minimum Gasteiger partial charge on any atom is -0.481 e. The second kappa shape index (κ2) is 4.07. The lowest BCUT2D eigenvalue weighted by Gasteiger charge is -1.96. The van der Waals surface area contributed by atoms with Crippen LogP contribution in [0, 0.1) is 13.8 Å². The Kier molecular flexibility index (Phi) is 3.06. The summed E-state index contributed by atoms with van der Waals surface area (Å²) < 4.78 is 4.96. The van der Waals surface area contributed by atoms with E-state index in [2.05, 4.69) is 5.16 Å². The van der Waals surface area contributed by atoms with Gasteiger partial charge in [0.2, 0.25) is 0 Å². The van der Waals surface area contributed by atoms with Gasteiger partial charge in [-0.15, -0.1) is 0 Å². The maximum atomic E-state index is 10.3. The predicted molar refractivity (Wildman–Crippen MR) is 46.6 cm³/mol. The molecule has 0 unspecified atom stereocenters. The van der Waals surface area contributed by atoms with E-state index < -0.39 is 5.97 Å². The van der Waals surface area contributed by atoms with Gasteiger partial charge in [-0.25, -0.2) is 0 Å². The van der Waals surface area contributed by atoms with Crippen LogP contribution in [-0.2, 0) is 11.2 Å². The molecule has 1 rings (SSSR count). The SMILES string of the molecule is Cc1noc(C)c1CCCC(=O)O. The van der Waals surface area contributed by atoms with Gasteiger partial charge >= 0.3 is 5.97 Å². The van der Waals surface area contributed by atoms with Crippen molar-refractivity contribution < 1.29 is 14.4 Å². The summed E-state index contributed by atoms with van der Waals surface area (Å²) in [7, 11) is 0. The number of carboxylic acids is 1. The number of hydrogen-bond acceptors (Lipinski definition) is 3. The lowest BCUT2D eigenvalue weighted by molar-refractivity contribution is -0.137. The standard InChI is InChI=1S/C9H13NO3/c1-6-8(7(2)13-10-6)4-3-5-9(11)12/h3-5H2,1-2H3,(H,11,12). The van der Waals surface area contributed by atoms with E-state index in [-0.39, 0.29) is 6.42 Å². The molecule has 0 aromatic carbocycles. The van der Waals surface area contributed by atoms with Crippen molar-refractivity contribution in [3.63, 3.8) is 0 Å². The molecule has 0 amide bonds. The maximum Gasteiger partial charge on any atom is 0.303 e. The summed E-state index contributed by atoms with van der Waals surface area (Å²) in [6, 6.07) is 0. The molecule has 0 spiro atoms. The molecule has 0 fully saturated rings. The summed E-state index contributed by atoms with van der Waals surface area (Å²) in [4.78, 5) is 10.3.